The highest BCUT2D eigenvalue weighted by molar-refractivity contribution is 8.00. The maximum Gasteiger partial charge on any atom is 0.257 e. The molecule has 0 aliphatic rings. The number of carbonyl (C=O) groups excluding carboxylic acids is 1. The van der Waals surface area contributed by atoms with Crippen LogP contribution in [0.1, 0.15) is 27.0 Å². The predicted molar refractivity (Wildman–Crippen MR) is 110 cm³/mol. The van der Waals surface area contributed by atoms with Gasteiger partial charge in [-0.3, -0.25) is 10.1 Å². The molecule has 0 spiro atoms. The van der Waals surface area contributed by atoms with Gasteiger partial charge in [0.05, 0.1) is 0 Å². The molecule has 8 heteroatoms. The summed E-state index contributed by atoms with van der Waals surface area (Å²) in [6, 6.07) is 11.0. The van der Waals surface area contributed by atoms with E-state index in [2.05, 4.69) is 15.5 Å². The maximum absolute atomic E-state index is 12.3. The van der Waals surface area contributed by atoms with E-state index in [0.29, 0.717) is 26.5 Å². The van der Waals surface area contributed by atoms with Crippen molar-refractivity contribution in [1.82, 2.24) is 10.2 Å². The van der Waals surface area contributed by atoms with Gasteiger partial charge in [-0.25, -0.2) is 0 Å². The molecular weight excluding hydrogens is 409 g/mol. The van der Waals surface area contributed by atoms with Crippen molar-refractivity contribution in [2.45, 2.75) is 23.9 Å². The molecule has 0 atom stereocenters. The van der Waals surface area contributed by atoms with E-state index < -0.39 is 0 Å². The van der Waals surface area contributed by atoms with E-state index in [-0.39, 0.29) is 5.91 Å². The van der Waals surface area contributed by atoms with Gasteiger partial charge in [-0.15, -0.1) is 10.2 Å². The zero-order chi connectivity index (χ0) is 18.7. The fourth-order valence-corrected chi connectivity index (χ4v) is 4.45. The third kappa shape index (κ3) is 4.76. The molecule has 0 unspecified atom stereocenters. The number of hydrogen-bond donors (Lipinski definition) is 1. The number of rotatable bonds is 5. The van der Waals surface area contributed by atoms with Crippen molar-refractivity contribution >= 4 is 57.3 Å². The molecule has 0 saturated carbocycles. The fourth-order valence-electron chi connectivity index (χ4n) is 2.15. The predicted octanol–water partition coefficient (Wildman–Crippen LogP) is 6.01. The first kappa shape index (κ1) is 19.2. The molecule has 0 bridgehead atoms. The lowest BCUT2D eigenvalue weighted by molar-refractivity contribution is 0.102. The van der Waals surface area contributed by atoms with Crippen LogP contribution in [0.5, 0.6) is 0 Å². The number of amides is 1. The minimum absolute atomic E-state index is 0.193. The summed E-state index contributed by atoms with van der Waals surface area (Å²) in [5, 5.41) is 12.6. The van der Waals surface area contributed by atoms with Crippen LogP contribution < -0.4 is 5.32 Å². The third-order valence-corrected chi connectivity index (χ3v) is 6.37. The molecule has 1 N–H and O–H groups in total. The Morgan fingerprint density at radius 1 is 1.12 bits per heavy atom. The Hall–Kier alpha value is -1.60. The zero-order valence-corrected chi connectivity index (χ0v) is 17.2. The lowest BCUT2D eigenvalue weighted by Gasteiger charge is -2.04. The van der Waals surface area contributed by atoms with E-state index >= 15 is 0 Å². The maximum atomic E-state index is 12.3. The minimum Gasteiger partial charge on any atom is -0.296 e. The summed E-state index contributed by atoms with van der Waals surface area (Å²) in [4.78, 5) is 12.3. The van der Waals surface area contributed by atoms with Crippen LogP contribution in [-0.2, 0) is 5.75 Å². The summed E-state index contributed by atoms with van der Waals surface area (Å²) < 4.78 is 0.756. The van der Waals surface area contributed by atoms with E-state index in [1.807, 2.05) is 32.0 Å². The first-order chi connectivity index (χ1) is 12.4. The van der Waals surface area contributed by atoms with Gasteiger partial charge in [0.25, 0.3) is 5.91 Å². The van der Waals surface area contributed by atoms with Gasteiger partial charge in [0, 0.05) is 21.4 Å². The number of hydrogen-bond acceptors (Lipinski definition) is 5. The molecule has 4 nitrogen and oxygen atoms in total. The lowest BCUT2D eigenvalue weighted by atomic mass is 10.1. The fraction of sp³-hybridized carbons (Fsp3) is 0.167. The number of aromatic nitrogens is 2. The van der Waals surface area contributed by atoms with Crippen molar-refractivity contribution in [1.29, 1.82) is 0 Å². The second kappa shape index (κ2) is 8.39. The molecule has 134 valence electrons. The van der Waals surface area contributed by atoms with Crippen LogP contribution in [0.25, 0.3) is 0 Å². The van der Waals surface area contributed by atoms with E-state index in [0.717, 1.165) is 21.0 Å². The van der Waals surface area contributed by atoms with E-state index in [1.165, 1.54) is 23.1 Å². The molecule has 0 aliphatic heterocycles. The number of aryl methyl sites for hydroxylation is 2. The molecule has 1 aromatic heterocycles. The molecule has 3 aromatic rings. The largest absolute Gasteiger partial charge is 0.296 e. The van der Waals surface area contributed by atoms with Gasteiger partial charge < -0.3 is 0 Å². The van der Waals surface area contributed by atoms with Crippen molar-refractivity contribution in [3.63, 3.8) is 0 Å². The van der Waals surface area contributed by atoms with Crippen molar-refractivity contribution in [3.05, 3.63) is 68.7 Å². The van der Waals surface area contributed by atoms with Crippen molar-refractivity contribution in [2.24, 2.45) is 0 Å². The second-order valence-electron chi connectivity index (χ2n) is 5.65. The lowest BCUT2D eigenvalue weighted by Crippen LogP contribution is -2.12. The van der Waals surface area contributed by atoms with Gasteiger partial charge >= 0.3 is 0 Å². The summed E-state index contributed by atoms with van der Waals surface area (Å²) in [5.41, 5.74) is 3.80. The summed E-state index contributed by atoms with van der Waals surface area (Å²) in [5.74, 6) is 0.456. The number of nitrogens with zero attached hydrogens (tertiary/aromatic N) is 2. The Morgan fingerprint density at radius 2 is 1.92 bits per heavy atom. The molecule has 0 saturated heterocycles. The molecule has 0 radical (unpaired) electrons. The van der Waals surface area contributed by atoms with Gasteiger partial charge in [0.2, 0.25) is 5.13 Å². The number of anilines is 1. The summed E-state index contributed by atoms with van der Waals surface area (Å²) in [6.45, 7) is 3.99. The quantitative estimate of drug-likeness (QED) is 0.403. The first-order valence-corrected chi connectivity index (χ1v) is 10.3. The third-order valence-electron chi connectivity index (χ3n) is 3.76. The van der Waals surface area contributed by atoms with Crippen molar-refractivity contribution in [3.8, 4) is 0 Å². The Kier molecular flexibility index (Phi) is 6.19. The SMILES string of the molecule is Cc1ccc(C(=O)Nc2nnc(SCc3ccc(Cl)cc3Cl)s2)cc1C. The molecule has 1 amide bonds. The molecule has 26 heavy (non-hydrogen) atoms. The molecule has 3 rings (SSSR count). The number of carbonyl (C=O) groups is 1. The molecule has 1 heterocycles. The Labute approximate surface area is 169 Å². The van der Waals surface area contributed by atoms with E-state index in [4.69, 9.17) is 23.2 Å². The summed E-state index contributed by atoms with van der Waals surface area (Å²) >= 11 is 14.9. The Morgan fingerprint density at radius 3 is 2.65 bits per heavy atom. The second-order valence-corrected chi connectivity index (χ2v) is 8.69. The molecular formula is C18H15Cl2N3OS2. The highest BCUT2D eigenvalue weighted by Gasteiger charge is 2.12. The number of benzene rings is 2. The van der Waals surface area contributed by atoms with Crippen LogP contribution in [0.3, 0.4) is 0 Å². The highest BCUT2D eigenvalue weighted by atomic mass is 35.5. The van der Waals surface area contributed by atoms with Crippen LogP contribution in [0.2, 0.25) is 10.0 Å². The van der Waals surface area contributed by atoms with Crippen LogP contribution in [0.4, 0.5) is 5.13 Å². The average molecular weight is 424 g/mol. The zero-order valence-electron chi connectivity index (χ0n) is 14.0. The Bertz CT molecular complexity index is 959. The average Bonchev–Trinajstić information content (AvgIpc) is 3.04. The monoisotopic (exact) mass is 423 g/mol. The Balaban J connectivity index is 1.62. The van der Waals surface area contributed by atoms with Gasteiger partial charge in [-0.05, 0) is 54.8 Å². The first-order valence-electron chi connectivity index (χ1n) is 7.71. The standard InChI is InChI=1S/C18H15Cl2N3OS2/c1-10-3-4-12(7-11(10)2)16(24)21-17-22-23-18(26-17)25-9-13-5-6-14(19)8-15(13)20/h3-8H,9H2,1-2H3,(H,21,22,24). The molecule has 0 aliphatic carbocycles. The number of halogens is 2. The van der Waals surface area contributed by atoms with E-state index in [9.17, 15) is 4.79 Å². The van der Waals surface area contributed by atoms with Crippen LogP contribution in [0.15, 0.2) is 40.7 Å². The minimum atomic E-state index is -0.193. The topological polar surface area (TPSA) is 54.9 Å². The highest BCUT2D eigenvalue weighted by Crippen LogP contribution is 2.31. The van der Waals surface area contributed by atoms with Crippen molar-refractivity contribution < 1.29 is 4.79 Å². The summed E-state index contributed by atoms with van der Waals surface area (Å²) in [6.07, 6.45) is 0. The van der Waals surface area contributed by atoms with Gasteiger partial charge in [0.1, 0.15) is 0 Å². The normalized spacial score (nSPS) is 10.8. The van der Waals surface area contributed by atoms with E-state index in [1.54, 1.807) is 18.2 Å². The summed E-state index contributed by atoms with van der Waals surface area (Å²) in [7, 11) is 0. The van der Waals surface area contributed by atoms with Gasteiger partial charge in [0.15, 0.2) is 4.34 Å². The molecule has 2 aromatic carbocycles. The van der Waals surface area contributed by atoms with Crippen LogP contribution >= 0.6 is 46.3 Å². The van der Waals surface area contributed by atoms with Gasteiger partial charge in [-0.1, -0.05) is 58.4 Å². The smallest absolute Gasteiger partial charge is 0.257 e. The molecule has 0 fully saturated rings. The number of thioether (sulfide) groups is 1. The van der Waals surface area contributed by atoms with Crippen molar-refractivity contribution in [2.75, 3.05) is 5.32 Å². The number of nitrogens with one attached hydrogen (secondary N) is 1. The van der Waals surface area contributed by atoms with Gasteiger partial charge in [-0.2, -0.15) is 0 Å². The van der Waals surface area contributed by atoms with Crippen LogP contribution in [0, 0.1) is 13.8 Å². The van der Waals surface area contributed by atoms with Crippen LogP contribution in [-0.4, -0.2) is 16.1 Å².